The van der Waals surface area contributed by atoms with Gasteiger partial charge in [-0.2, -0.15) is 0 Å². The number of amides is 2. The second kappa shape index (κ2) is 12.4. The number of rotatable bonds is 6. The molecule has 40 heavy (non-hydrogen) atoms. The number of hydrogen-bond donors (Lipinski definition) is 2. The number of fused-ring (bicyclic) bond motifs is 1. The van der Waals surface area contributed by atoms with Crippen LogP contribution in [0.5, 0.6) is 0 Å². The van der Waals surface area contributed by atoms with E-state index in [1.54, 1.807) is 48.5 Å². The van der Waals surface area contributed by atoms with Gasteiger partial charge in [-0.25, -0.2) is 8.78 Å². The van der Waals surface area contributed by atoms with Gasteiger partial charge < -0.3 is 15.1 Å². The number of halogens is 2. The van der Waals surface area contributed by atoms with Crippen molar-refractivity contribution in [2.75, 3.05) is 7.05 Å². The molecule has 0 saturated carbocycles. The third kappa shape index (κ3) is 5.94. The molecule has 2 amide bonds. The van der Waals surface area contributed by atoms with Gasteiger partial charge in [0.2, 0.25) is 0 Å². The summed E-state index contributed by atoms with van der Waals surface area (Å²) in [5.74, 6) is -0.969. The molecule has 4 aromatic carbocycles. The third-order valence-electron chi connectivity index (χ3n) is 6.42. The second-order valence-corrected chi connectivity index (χ2v) is 8.93. The van der Waals surface area contributed by atoms with E-state index in [1.165, 1.54) is 31.3 Å². The summed E-state index contributed by atoms with van der Waals surface area (Å²) in [7, 11) is 1.54. The maximum absolute atomic E-state index is 13.5. The molecule has 7 heteroatoms. The fourth-order valence-electron chi connectivity index (χ4n) is 4.39. The van der Waals surface area contributed by atoms with Gasteiger partial charge in [-0.3, -0.25) is 9.59 Å². The summed E-state index contributed by atoms with van der Waals surface area (Å²) in [6, 6.07) is 24.1. The highest BCUT2D eigenvalue weighted by atomic mass is 19.1. The van der Waals surface area contributed by atoms with Crippen LogP contribution in [0.3, 0.4) is 0 Å². The Morgan fingerprint density at radius 3 is 2.00 bits per heavy atom. The van der Waals surface area contributed by atoms with Crippen LogP contribution >= 0.6 is 0 Å². The number of benzene rings is 4. The van der Waals surface area contributed by atoms with E-state index in [1.807, 2.05) is 39.0 Å². The molecule has 0 radical (unpaired) electrons. The monoisotopic (exact) mass is 540 g/mol. The van der Waals surface area contributed by atoms with Gasteiger partial charge in [0.1, 0.15) is 23.0 Å². The number of nitrogens with one attached hydrogen (secondary N) is 2. The fraction of sp³-hybridized carbons (Fsp3) is 0.152. The molecule has 1 atom stereocenters. The van der Waals surface area contributed by atoms with Gasteiger partial charge >= 0.3 is 0 Å². The Kier molecular flexibility index (Phi) is 8.74. The molecule has 5 nitrogen and oxygen atoms in total. The highest BCUT2D eigenvalue weighted by molar-refractivity contribution is 6.11. The lowest BCUT2D eigenvalue weighted by atomic mass is 9.98. The van der Waals surface area contributed by atoms with Crippen molar-refractivity contribution in [2.45, 2.75) is 26.8 Å². The molecule has 1 heterocycles. The highest BCUT2D eigenvalue weighted by Gasteiger charge is 2.22. The van der Waals surface area contributed by atoms with Crippen LogP contribution in [-0.2, 0) is 0 Å². The van der Waals surface area contributed by atoms with Crippen LogP contribution in [0.15, 0.2) is 95.4 Å². The first kappa shape index (κ1) is 28.2. The van der Waals surface area contributed by atoms with Gasteiger partial charge in [0.15, 0.2) is 0 Å². The molecule has 2 N–H and O–H groups in total. The first-order valence-corrected chi connectivity index (χ1v) is 13.1. The maximum Gasteiger partial charge on any atom is 0.255 e. The summed E-state index contributed by atoms with van der Waals surface area (Å²) in [5.41, 5.74) is 4.25. The van der Waals surface area contributed by atoms with Crippen LogP contribution < -0.4 is 10.6 Å². The molecule has 5 aromatic rings. The van der Waals surface area contributed by atoms with Crippen molar-refractivity contribution in [3.05, 3.63) is 119 Å². The van der Waals surface area contributed by atoms with Crippen molar-refractivity contribution in [1.29, 1.82) is 0 Å². The smallest absolute Gasteiger partial charge is 0.255 e. The summed E-state index contributed by atoms with van der Waals surface area (Å²) in [6.07, 6.45) is 0. The Balaban J connectivity index is 0.00000181. The van der Waals surface area contributed by atoms with Gasteiger partial charge in [0, 0.05) is 23.6 Å². The van der Waals surface area contributed by atoms with E-state index in [9.17, 15) is 18.4 Å². The Hall–Kier alpha value is -4.78. The van der Waals surface area contributed by atoms with E-state index in [-0.39, 0.29) is 29.5 Å². The van der Waals surface area contributed by atoms with E-state index >= 15 is 0 Å². The fourth-order valence-corrected chi connectivity index (χ4v) is 4.39. The van der Waals surface area contributed by atoms with Gasteiger partial charge in [-0.15, -0.1) is 0 Å². The van der Waals surface area contributed by atoms with Gasteiger partial charge in [-0.1, -0.05) is 44.2 Å². The molecule has 0 spiro atoms. The van der Waals surface area contributed by atoms with Crippen molar-refractivity contribution in [3.63, 3.8) is 0 Å². The van der Waals surface area contributed by atoms with Gasteiger partial charge in [0.05, 0.1) is 11.6 Å². The molecular weight excluding hydrogens is 510 g/mol. The quantitative estimate of drug-likeness (QED) is 0.230. The molecule has 0 bridgehead atoms. The number of carbonyl (C=O) groups excluding carboxylic acids is 2. The van der Waals surface area contributed by atoms with Crippen molar-refractivity contribution < 1.29 is 22.8 Å². The van der Waals surface area contributed by atoms with E-state index in [2.05, 4.69) is 10.6 Å². The minimum Gasteiger partial charge on any atom is -0.455 e. The molecule has 1 aromatic heterocycles. The molecule has 0 aliphatic heterocycles. The Labute approximate surface area is 231 Å². The highest BCUT2D eigenvalue weighted by Crippen LogP contribution is 2.36. The molecule has 0 aliphatic rings. The van der Waals surface area contributed by atoms with Crippen LogP contribution in [0.25, 0.3) is 33.4 Å². The topological polar surface area (TPSA) is 71.3 Å². The SMILES string of the molecule is CC.CNC(=O)c1c(-c2ccc(F)cc2)oc2ccc(-c3cccc(C(=O)N[C@H](C)c4ccc(F)cc4)c3)cc12. The number of hydrogen-bond acceptors (Lipinski definition) is 3. The molecule has 0 unspecified atom stereocenters. The minimum atomic E-state index is -0.385. The van der Waals surface area contributed by atoms with Crippen molar-refractivity contribution in [3.8, 4) is 22.5 Å². The van der Waals surface area contributed by atoms with E-state index < -0.39 is 0 Å². The lowest BCUT2D eigenvalue weighted by Gasteiger charge is -2.15. The summed E-state index contributed by atoms with van der Waals surface area (Å²) < 4.78 is 32.7. The lowest BCUT2D eigenvalue weighted by molar-refractivity contribution is 0.0937. The average Bonchev–Trinajstić information content (AvgIpc) is 3.37. The van der Waals surface area contributed by atoms with E-state index in [0.29, 0.717) is 33.4 Å². The molecule has 5 rings (SSSR count). The van der Waals surface area contributed by atoms with E-state index in [4.69, 9.17) is 4.42 Å². The number of carbonyl (C=O) groups is 2. The molecule has 0 aliphatic carbocycles. The molecule has 0 fully saturated rings. The maximum atomic E-state index is 13.5. The minimum absolute atomic E-state index is 0.266. The van der Waals surface area contributed by atoms with Gasteiger partial charge in [0.25, 0.3) is 11.8 Å². The average molecular weight is 541 g/mol. The summed E-state index contributed by atoms with van der Waals surface area (Å²) in [6.45, 7) is 5.83. The molecular formula is C33H30F2N2O3. The van der Waals surface area contributed by atoms with Crippen LogP contribution in [0.1, 0.15) is 53.1 Å². The zero-order chi connectivity index (χ0) is 28.8. The second-order valence-electron chi connectivity index (χ2n) is 8.93. The predicted octanol–water partition coefficient (Wildman–Crippen LogP) is 7.92. The Morgan fingerprint density at radius 2 is 1.35 bits per heavy atom. The van der Waals surface area contributed by atoms with Crippen LogP contribution in [0.4, 0.5) is 8.78 Å². The zero-order valence-electron chi connectivity index (χ0n) is 22.7. The summed E-state index contributed by atoms with van der Waals surface area (Å²) in [4.78, 5) is 25.8. The molecule has 204 valence electrons. The van der Waals surface area contributed by atoms with Crippen LogP contribution in [0.2, 0.25) is 0 Å². The first-order valence-electron chi connectivity index (χ1n) is 13.1. The standard InChI is InChI=1S/C31H24F2N2O3.C2H6/c1-18(19-6-11-24(32)12-7-19)35-30(36)23-5-3-4-21(16-23)22-10-15-27-26(17-22)28(31(37)34-2)29(38-27)20-8-13-25(33)14-9-20;1-2/h3-18H,1-2H3,(H,34,37)(H,35,36);1-2H3/t18-;/m1./s1. The van der Waals surface area contributed by atoms with Crippen molar-refractivity contribution in [2.24, 2.45) is 0 Å². The normalized spacial score (nSPS) is 11.3. The zero-order valence-corrected chi connectivity index (χ0v) is 22.7. The van der Waals surface area contributed by atoms with Gasteiger partial charge in [-0.05, 0) is 84.3 Å². The van der Waals surface area contributed by atoms with Crippen LogP contribution in [-0.4, -0.2) is 18.9 Å². The van der Waals surface area contributed by atoms with Crippen molar-refractivity contribution in [1.82, 2.24) is 10.6 Å². The largest absolute Gasteiger partial charge is 0.455 e. The Morgan fingerprint density at radius 1 is 0.750 bits per heavy atom. The first-order chi connectivity index (χ1) is 19.3. The molecule has 0 saturated heterocycles. The van der Waals surface area contributed by atoms with E-state index in [0.717, 1.165) is 16.7 Å². The summed E-state index contributed by atoms with van der Waals surface area (Å²) >= 11 is 0. The third-order valence-corrected chi connectivity index (χ3v) is 6.42. The summed E-state index contributed by atoms with van der Waals surface area (Å²) in [5, 5.41) is 6.19. The predicted molar refractivity (Wildman–Crippen MR) is 154 cm³/mol. The number of furan rings is 1. The van der Waals surface area contributed by atoms with Crippen LogP contribution in [0, 0.1) is 11.6 Å². The Bertz CT molecular complexity index is 1640. The lowest BCUT2D eigenvalue weighted by Crippen LogP contribution is -2.26. The van der Waals surface area contributed by atoms with Crippen molar-refractivity contribution >= 4 is 22.8 Å².